The summed E-state index contributed by atoms with van der Waals surface area (Å²) < 4.78 is 6.33. The molecule has 0 spiro atoms. The molecule has 2 heteroatoms. The second-order valence-electron chi connectivity index (χ2n) is 6.33. The monoisotopic (exact) mass is 262 g/mol. The Hall–Kier alpha value is -1.02. The highest BCUT2D eigenvalue weighted by molar-refractivity contribution is 5.26. The molecule has 0 aromatic heterocycles. The second kappa shape index (κ2) is 6.42. The van der Waals surface area contributed by atoms with Crippen LogP contribution in [-0.2, 0) is 11.2 Å². The van der Waals surface area contributed by atoms with Gasteiger partial charge in [0, 0.05) is 6.42 Å². The van der Waals surface area contributed by atoms with Gasteiger partial charge in [0.05, 0.1) is 11.7 Å². The van der Waals surface area contributed by atoms with Gasteiger partial charge in [-0.2, -0.15) is 0 Å². The third-order valence-electron chi connectivity index (χ3n) is 3.85. The molecule has 0 saturated heterocycles. The van der Waals surface area contributed by atoms with E-state index in [0.29, 0.717) is 11.9 Å². The molecule has 0 atom stereocenters. The summed E-state index contributed by atoms with van der Waals surface area (Å²) in [6.45, 7) is 4.34. The molecular formula is C17H26O2. The van der Waals surface area contributed by atoms with E-state index in [0.717, 1.165) is 6.42 Å². The Balaban J connectivity index is 1.91. The van der Waals surface area contributed by atoms with E-state index in [4.69, 9.17) is 4.74 Å². The largest absolute Gasteiger partial charge is 0.508 e. The molecule has 19 heavy (non-hydrogen) atoms. The molecule has 0 unspecified atom stereocenters. The normalized spacial score (nSPS) is 18.2. The first-order valence-corrected chi connectivity index (χ1v) is 7.51. The fourth-order valence-corrected chi connectivity index (χ4v) is 2.96. The van der Waals surface area contributed by atoms with Crippen LogP contribution < -0.4 is 0 Å². The van der Waals surface area contributed by atoms with Crippen molar-refractivity contribution in [3.63, 3.8) is 0 Å². The Morgan fingerprint density at radius 3 is 2.21 bits per heavy atom. The number of hydrogen-bond acceptors (Lipinski definition) is 2. The molecule has 2 nitrogen and oxygen atoms in total. The smallest absolute Gasteiger partial charge is 0.115 e. The van der Waals surface area contributed by atoms with Gasteiger partial charge in [-0.3, -0.25) is 0 Å². The first kappa shape index (κ1) is 14.4. The second-order valence-corrected chi connectivity index (χ2v) is 6.33. The van der Waals surface area contributed by atoms with Crippen molar-refractivity contribution in [2.75, 3.05) is 0 Å². The third-order valence-corrected chi connectivity index (χ3v) is 3.85. The Morgan fingerprint density at radius 2 is 1.63 bits per heavy atom. The van der Waals surface area contributed by atoms with Crippen LogP contribution in [0.3, 0.4) is 0 Å². The molecule has 2 rings (SSSR count). The summed E-state index contributed by atoms with van der Waals surface area (Å²) in [6, 6.07) is 7.45. The predicted molar refractivity (Wildman–Crippen MR) is 78.5 cm³/mol. The van der Waals surface area contributed by atoms with Gasteiger partial charge in [0.25, 0.3) is 0 Å². The Morgan fingerprint density at radius 1 is 1.05 bits per heavy atom. The van der Waals surface area contributed by atoms with Crippen LogP contribution in [0.25, 0.3) is 0 Å². The van der Waals surface area contributed by atoms with E-state index in [1.54, 1.807) is 12.1 Å². The van der Waals surface area contributed by atoms with E-state index in [-0.39, 0.29) is 5.60 Å². The first-order chi connectivity index (χ1) is 9.05. The van der Waals surface area contributed by atoms with Crippen molar-refractivity contribution in [1.29, 1.82) is 0 Å². The molecule has 1 aliphatic carbocycles. The van der Waals surface area contributed by atoms with Crippen molar-refractivity contribution in [3.8, 4) is 5.75 Å². The summed E-state index contributed by atoms with van der Waals surface area (Å²) in [5, 5.41) is 9.32. The molecule has 1 saturated carbocycles. The molecule has 0 bridgehead atoms. The molecule has 0 amide bonds. The molecule has 0 aliphatic heterocycles. The minimum absolute atomic E-state index is 0.133. The molecule has 0 heterocycles. The summed E-state index contributed by atoms with van der Waals surface area (Å²) in [4.78, 5) is 0. The van der Waals surface area contributed by atoms with Crippen LogP contribution in [-0.4, -0.2) is 16.8 Å². The van der Waals surface area contributed by atoms with E-state index in [2.05, 4.69) is 13.8 Å². The maximum absolute atomic E-state index is 9.32. The Labute approximate surface area is 116 Å². The zero-order chi connectivity index (χ0) is 13.7. The number of aromatic hydroxyl groups is 1. The van der Waals surface area contributed by atoms with E-state index >= 15 is 0 Å². The third kappa shape index (κ3) is 4.87. The standard InChI is InChI=1S/C17H26O2/c1-17(2,13-14-9-11-15(18)12-10-14)19-16-7-5-3-4-6-8-16/h9-12,16,18H,3-8,13H2,1-2H3. The topological polar surface area (TPSA) is 29.5 Å². The number of phenolic OH excluding ortho intramolecular Hbond substituents is 1. The highest BCUT2D eigenvalue weighted by Crippen LogP contribution is 2.26. The van der Waals surface area contributed by atoms with Gasteiger partial charge in [0.2, 0.25) is 0 Å². The number of ether oxygens (including phenoxy) is 1. The van der Waals surface area contributed by atoms with E-state index in [9.17, 15) is 5.11 Å². The SMILES string of the molecule is CC(C)(Cc1ccc(O)cc1)OC1CCCCCC1. The lowest BCUT2D eigenvalue weighted by Crippen LogP contribution is -2.32. The van der Waals surface area contributed by atoms with Crippen molar-refractivity contribution in [1.82, 2.24) is 0 Å². The zero-order valence-electron chi connectivity index (χ0n) is 12.2. The first-order valence-electron chi connectivity index (χ1n) is 7.51. The van der Waals surface area contributed by atoms with Crippen LogP contribution in [0.2, 0.25) is 0 Å². The lowest BCUT2D eigenvalue weighted by Gasteiger charge is -2.31. The minimum atomic E-state index is -0.133. The fourth-order valence-electron chi connectivity index (χ4n) is 2.96. The molecule has 1 aliphatic rings. The van der Waals surface area contributed by atoms with Gasteiger partial charge in [-0.15, -0.1) is 0 Å². The minimum Gasteiger partial charge on any atom is -0.508 e. The van der Waals surface area contributed by atoms with E-state index in [1.807, 2.05) is 12.1 Å². The summed E-state index contributed by atoms with van der Waals surface area (Å²) >= 11 is 0. The lowest BCUT2D eigenvalue weighted by atomic mass is 9.97. The van der Waals surface area contributed by atoms with Crippen LogP contribution in [0.1, 0.15) is 57.9 Å². The van der Waals surface area contributed by atoms with Gasteiger partial charge in [-0.1, -0.05) is 37.8 Å². The maximum Gasteiger partial charge on any atom is 0.115 e. The van der Waals surface area contributed by atoms with Gasteiger partial charge in [0.15, 0.2) is 0 Å². The van der Waals surface area contributed by atoms with Crippen molar-refractivity contribution in [3.05, 3.63) is 29.8 Å². The van der Waals surface area contributed by atoms with Crippen LogP contribution in [0.5, 0.6) is 5.75 Å². The van der Waals surface area contributed by atoms with Crippen molar-refractivity contribution in [2.24, 2.45) is 0 Å². The quantitative estimate of drug-likeness (QED) is 0.812. The van der Waals surface area contributed by atoms with Gasteiger partial charge >= 0.3 is 0 Å². The number of rotatable bonds is 4. The van der Waals surface area contributed by atoms with Gasteiger partial charge in [-0.05, 0) is 44.4 Å². The van der Waals surface area contributed by atoms with Crippen molar-refractivity contribution < 1.29 is 9.84 Å². The molecule has 0 radical (unpaired) electrons. The summed E-state index contributed by atoms with van der Waals surface area (Å²) in [5.74, 6) is 0.325. The molecular weight excluding hydrogens is 236 g/mol. The summed E-state index contributed by atoms with van der Waals surface area (Å²) in [6.07, 6.45) is 9.06. The average Bonchev–Trinajstić information content (AvgIpc) is 2.60. The van der Waals surface area contributed by atoms with Crippen molar-refractivity contribution >= 4 is 0 Å². The van der Waals surface area contributed by atoms with Crippen molar-refractivity contribution in [2.45, 2.75) is 70.5 Å². The molecule has 1 aromatic rings. The van der Waals surface area contributed by atoms with Crippen LogP contribution in [0, 0.1) is 0 Å². The Bertz CT molecular complexity index is 373. The summed E-state index contributed by atoms with van der Waals surface area (Å²) in [5.41, 5.74) is 1.09. The van der Waals surface area contributed by atoms with Crippen LogP contribution >= 0.6 is 0 Å². The van der Waals surface area contributed by atoms with Gasteiger partial charge in [0.1, 0.15) is 5.75 Å². The van der Waals surface area contributed by atoms with Gasteiger partial charge < -0.3 is 9.84 Å². The Kier molecular flexibility index (Phi) is 4.87. The average molecular weight is 262 g/mol. The molecule has 106 valence electrons. The fraction of sp³-hybridized carbons (Fsp3) is 0.647. The predicted octanol–water partition coefficient (Wildman–Crippen LogP) is 4.45. The van der Waals surface area contributed by atoms with Gasteiger partial charge in [-0.25, -0.2) is 0 Å². The molecule has 1 N–H and O–H groups in total. The van der Waals surface area contributed by atoms with E-state index < -0.39 is 0 Å². The summed E-state index contributed by atoms with van der Waals surface area (Å²) in [7, 11) is 0. The highest BCUT2D eigenvalue weighted by Gasteiger charge is 2.24. The van der Waals surface area contributed by atoms with Crippen LogP contribution in [0.4, 0.5) is 0 Å². The van der Waals surface area contributed by atoms with E-state index in [1.165, 1.54) is 44.1 Å². The number of benzene rings is 1. The molecule has 1 fully saturated rings. The van der Waals surface area contributed by atoms with Crippen LogP contribution in [0.15, 0.2) is 24.3 Å². The zero-order valence-corrected chi connectivity index (χ0v) is 12.2. The lowest BCUT2D eigenvalue weighted by molar-refractivity contribution is -0.0760. The highest BCUT2D eigenvalue weighted by atomic mass is 16.5. The maximum atomic E-state index is 9.32. The molecule has 1 aromatic carbocycles. The number of phenols is 1. The number of hydrogen-bond donors (Lipinski definition) is 1.